The lowest BCUT2D eigenvalue weighted by Gasteiger charge is -2.40. The normalized spacial score (nSPS) is 22.0. The van der Waals surface area contributed by atoms with Crippen LogP contribution in [0.15, 0.2) is 0 Å². The molecule has 1 saturated heterocycles. The van der Waals surface area contributed by atoms with Crippen LogP contribution in [0.25, 0.3) is 0 Å². The smallest absolute Gasteiger partial charge is 0.289 e. The van der Waals surface area contributed by atoms with E-state index in [1.54, 1.807) is 32.6 Å². The lowest BCUT2D eigenvalue weighted by atomic mass is 9.83. The molecule has 282 valence electrons. The van der Waals surface area contributed by atoms with E-state index in [-0.39, 0.29) is 47.4 Å². The summed E-state index contributed by atoms with van der Waals surface area (Å²) in [5.74, 6) is -4.01. The highest BCUT2D eigenvalue weighted by Crippen LogP contribution is 2.41. The van der Waals surface area contributed by atoms with Gasteiger partial charge in [0.2, 0.25) is 23.5 Å². The van der Waals surface area contributed by atoms with Crippen molar-refractivity contribution < 1.29 is 33.6 Å². The second-order valence-corrected chi connectivity index (χ2v) is 16.3. The van der Waals surface area contributed by atoms with Gasteiger partial charge in [-0.3, -0.25) is 33.6 Å². The van der Waals surface area contributed by atoms with Crippen molar-refractivity contribution in [2.24, 2.45) is 17.3 Å². The van der Waals surface area contributed by atoms with E-state index in [0.717, 1.165) is 32.1 Å². The standard InChI is InChI=1S/C38H58N6O7/c1-10-13-25(31(46)36(50)40-24-16-17-24)41-33(47)27-18-23-14-11-12-15-26(23)44(27)37(51)32(38(7,8)9)43-34(48)29(19(2)3)42-35(49)30-28(22(6)45)20(4)21(5)39-30/h19,23-27,29,32,39H,10-18H2,1-9H3,(H,40,50)(H,41,47)(H,42,49)(H,43,48)/t23-,25-,26-,27-,29?,32+/m0/s1. The Morgan fingerprint density at radius 1 is 0.922 bits per heavy atom. The maximum absolute atomic E-state index is 14.7. The average Bonchev–Trinajstić information content (AvgIpc) is 3.70. The molecule has 3 fully saturated rings. The van der Waals surface area contributed by atoms with Crippen molar-refractivity contribution in [3.05, 3.63) is 22.5 Å². The highest BCUT2D eigenvalue weighted by atomic mass is 16.2. The van der Waals surface area contributed by atoms with Gasteiger partial charge in [0.1, 0.15) is 23.8 Å². The molecule has 2 heterocycles. The molecule has 2 saturated carbocycles. The molecule has 13 heteroatoms. The number of likely N-dealkylation sites (tertiary alicyclic amines) is 1. The molecule has 0 aromatic carbocycles. The zero-order valence-corrected chi connectivity index (χ0v) is 31.8. The fraction of sp³-hybridized carbons (Fsp3) is 0.711. The first-order valence-corrected chi connectivity index (χ1v) is 18.7. The summed E-state index contributed by atoms with van der Waals surface area (Å²) in [4.78, 5) is 99.1. The minimum atomic E-state index is -1.06. The molecule has 5 amide bonds. The number of ketones is 2. The summed E-state index contributed by atoms with van der Waals surface area (Å²) in [6.45, 7) is 15.8. The quantitative estimate of drug-likeness (QED) is 0.145. The van der Waals surface area contributed by atoms with Crippen LogP contribution in [0.3, 0.4) is 0 Å². The molecule has 13 nitrogen and oxygen atoms in total. The Balaban J connectivity index is 1.58. The molecule has 5 N–H and O–H groups in total. The highest BCUT2D eigenvalue weighted by Gasteiger charge is 2.51. The molecule has 6 atom stereocenters. The third kappa shape index (κ3) is 9.07. The van der Waals surface area contributed by atoms with Crippen molar-refractivity contribution >= 4 is 41.1 Å². The Bertz CT molecular complexity index is 1540. The molecule has 0 bridgehead atoms. The number of nitrogens with one attached hydrogen (secondary N) is 5. The van der Waals surface area contributed by atoms with Crippen molar-refractivity contribution in [2.75, 3.05) is 0 Å². The van der Waals surface area contributed by atoms with Gasteiger partial charge in [0.25, 0.3) is 11.8 Å². The summed E-state index contributed by atoms with van der Waals surface area (Å²) in [5.41, 5.74) is 0.893. The van der Waals surface area contributed by atoms with Gasteiger partial charge in [0, 0.05) is 17.8 Å². The fourth-order valence-electron chi connectivity index (χ4n) is 7.59. The number of fused-ring (bicyclic) bond motifs is 1. The summed E-state index contributed by atoms with van der Waals surface area (Å²) >= 11 is 0. The van der Waals surface area contributed by atoms with Crippen LogP contribution in [-0.2, 0) is 24.0 Å². The van der Waals surface area contributed by atoms with Crippen molar-refractivity contribution in [1.82, 2.24) is 31.2 Å². The summed E-state index contributed by atoms with van der Waals surface area (Å²) in [6, 6.07) is -4.20. The number of hydrogen-bond acceptors (Lipinski definition) is 7. The summed E-state index contributed by atoms with van der Waals surface area (Å²) < 4.78 is 0. The zero-order valence-electron chi connectivity index (χ0n) is 31.8. The Hall–Kier alpha value is -4.03. The van der Waals surface area contributed by atoms with Crippen molar-refractivity contribution in [2.45, 2.75) is 156 Å². The molecule has 3 aliphatic rings. The first-order valence-electron chi connectivity index (χ1n) is 18.7. The van der Waals surface area contributed by atoms with Gasteiger partial charge in [-0.2, -0.15) is 0 Å². The number of amides is 5. The molecular formula is C38H58N6O7. The molecule has 1 aromatic rings. The van der Waals surface area contributed by atoms with E-state index in [4.69, 9.17) is 0 Å². The molecule has 1 aliphatic heterocycles. The first-order chi connectivity index (χ1) is 23.9. The molecule has 51 heavy (non-hydrogen) atoms. The van der Waals surface area contributed by atoms with E-state index in [0.29, 0.717) is 30.5 Å². The number of aromatic amines is 1. The predicted molar refractivity (Wildman–Crippen MR) is 192 cm³/mol. The van der Waals surface area contributed by atoms with Crippen LogP contribution in [0.4, 0.5) is 0 Å². The highest BCUT2D eigenvalue weighted by molar-refractivity contribution is 6.38. The maximum atomic E-state index is 14.7. The number of carbonyl (C=O) groups excluding carboxylic acids is 7. The summed E-state index contributed by atoms with van der Waals surface area (Å²) in [5, 5.41) is 11.3. The Kier molecular flexibility index (Phi) is 12.6. The van der Waals surface area contributed by atoms with Gasteiger partial charge in [-0.1, -0.05) is 60.8 Å². The number of aromatic nitrogens is 1. The van der Waals surface area contributed by atoms with Crippen molar-refractivity contribution in [3.63, 3.8) is 0 Å². The van der Waals surface area contributed by atoms with Gasteiger partial charge in [-0.15, -0.1) is 0 Å². The predicted octanol–water partition coefficient (Wildman–Crippen LogP) is 3.41. The van der Waals surface area contributed by atoms with Crippen LogP contribution >= 0.6 is 0 Å². The van der Waals surface area contributed by atoms with E-state index in [1.165, 1.54) is 6.92 Å². The van der Waals surface area contributed by atoms with Crippen molar-refractivity contribution in [3.8, 4) is 0 Å². The Morgan fingerprint density at radius 2 is 1.57 bits per heavy atom. The van der Waals surface area contributed by atoms with Crippen LogP contribution in [0, 0.1) is 31.1 Å². The fourth-order valence-corrected chi connectivity index (χ4v) is 7.59. The van der Waals surface area contributed by atoms with Crippen molar-refractivity contribution in [1.29, 1.82) is 0 Å². The molecular weight excluding hydrogens is 652 g/mol. The Morgan fingerprint density at radius 3 is 2.14 bits per heavy atom. The number of aryl methyl sites for hydroxylation is 1. The van der Waals surface area contributed by atoms with E-state index in [9.17, 15) is 33.6 Å². The number of Topliss-reactive ketones (excluding diaryl/α,β-unsaturated/α-hetero) is 2. The molecule has 2 aliphatic carbocycles. The van der Waals surface area contributed by atoms with Gasteiger partial charge in [0.15, 0.2) is 5.78 Å². The summed E-state index contributed by atoms with van der Waals surface area (Å²) in [6.07, 6.45) is 6.38. The molecule has 0 radical (unpaired) electrons. The number of hydrogen-bond donors (Lipinski definition) is 5. The van der Waals surface area contributed by atoms with Crippen LogP contribution in [0.5, 0.6) is 0 Å². The van der Waals surface area contributed by atoms with Crippen LogP contribution in [0.1, 0.15) is 138 Å². The second-order valence-electron chi connectivity index (χ2n) is 16.3. The lowest BCUT2D eigenvalue weighted by Crippen LogP contribution is -2.63. The molecule has 1 unspecified atom stereocenters. The average molecular weight is 711 g/mol. The van der Waals surface area contributed by atoms with E-state index >= 15 is 0 Å². The largest absolute Gasteiger partial charge is 0.354 e. The monoisotopic (exact) mass is 710 g/mol. The number of nitrogens with zero attached hydrogens (tertiary/aromatic N) is 1. The number of carbonyl (C=O) groups is 7. The van der Waals surface area contributed by atoms with E-state index < -0.39 is 64.9 Å². The molecule has 0 spiro atoms. The minimum Gasteiger partial charge on any atom is -0.354 e. The van der Waals surface area contributed by atoms with E-state index in [2.05, 4.69) is 26.3 Å². The molecule has 4 rings (SSSR count). The third-order valence-corrected chi connectivity index (χ3v) is 10.7. The van der Waals surface area contributed by atoms with Crippen LogP contribution in [-0.4, -0.2) is 87.2 Å². The first kappa shape index (κ1) is 39.8. The SMILES string of the molecule is CCC[C@H](NC(=O)[C@@H]1C[C@@H]2CCCC[C@@H]2N1C(=O)[C@@H](NC(=O)C(NC(=O)c1[nH]c(C)c(C)c1C(C)=O)C(C)C)C(C)(C)C)C(=O)C(=O)NC1CC1. The minimum absolute atomic E-state index is 0.00136. The zero-order chi connectivity index (χ0) is 37.9. The topological polar surface area (TPSA) is 187 Å². The van der Waals surface area contributed by atoms with Gasteiger partial charge in [-0.25, -0.2) is 0 Å². The Labute approximate surface area is 301 Å². The van der Waals surface area contributed by atoms with Gasteiger partial charge >= 0.3 is 0 Å². The second kappa shape index (κ2) is 16.1. The maximum Gasteiger partial charge on any atom is 0.289 e. The van der Waals surface area contributed by atoms with Gasteiger partial charge in [-0.05, 0) is 82.1 Å². The van der Waals surface area contributed by atoms with Crippen LogP contribution < -0.4 is 21.3 Å². The third-order valence-electron chi connectivity index (χ3n) is 10.7. The van der Waals surface area contributed by atoms with Gasteiger partial charge < -0.3 is 31.2 Å². The number of H-pyrrole nitrogens is 1. The van der Waals surface area contributed by atoms with Crippen LogP contribution in [0.2, 0.25) is 0 Å². The number of rotatable bonds is 14. The summed E-state index contributed by atoms with van der Waals surface area (Å²) in [7, 11) is 0. The van der Waals surface area contributed by atoms with Gasteiger partial charge in [0.05, 0.1) is 11.6 Å². The lowest BCUT2D eigenvalue weighted by molar-refractivity contribution is -0.147. The van der Waals surface area contributed by atoms with E-state index in [1.807, 2.05) is 27.7 Å². The molecule has 1 aromatic heterocycles.